The smallest absolute Gasteiger partial charge is 0.323 e. The molecule has 1 atom stereocenters. The molecule has 0 aliphatic carbocycles. The molecule has 148 valence electrons. The van der Waals surface area contributed by atoms with E-state index < -0.39 is 0 Å². The van der Waals surface area contributed by atoms with Gasteiger partial charge in [-0.15, -0.1) is 0 Å². The first-order valence-corrected chi connectivity index (χ1v) is 9.80. The van der Waals surface area contributed by atoms with E-state index >= 15 is 0 Å². The van der Waals surface area contributed by atoms with E-state index in [2.05, 4.69) is 23.7 Å². The second kappa shape index (κ2) is 10.9. The van der Waals surface area contributed by atoms with Crippen LogP contribution in [0.2, 0.25) is 0 Å². The SMILES string of the molecule is CC/C(C)=C/N=C(\C)c1ccc(OCCCN2CCC[C@H]2C(=O)OC)cc1. The summed E-state index contributed by atoms with van der Waals surface area (Å²) < 4.78 is 10.7. The van der Waals surface area contributed by atoms with Crippen LogP contribution in [-0.4, -0.2) is 49.4 Å². The average molecular weight is 373 g/mol. The molecule has 0 aromatic heterocycles. The van der Waals surface area contributed by atoms with Gasteiger partial charge in [-0.2, -0.15) is 0 Å². The monoisotopic (exact) mass is 372 g/mol. The molecule has 1 aliphatic heterocycles. The number of ether oxygens (including phenoxy) is 2. The predicted octanol–water partition coefficient (Wildman–Crippen LogP) is 4.22. The van der Waals surface area contributed by atoms with Crippen LogP contribution in [0.25, 0.3) is 0 Å². The van der Waals surface area contributed by atoms with Crippen LogP contribution in [0.15, 0.2) is 41.0 Å². The lowest BCUT2D eigenvalue weighted by atomic mass is 10.1. The number of rotatable bonds is 9. The lowest BCUT2D eigenvalue weighted by Gasteiger charge is -2.22. The molecule has 2 rings (SSSR count). The van der Waals surface area contributed by atoms with Gasteiger partial charge in [-0.1, -0.05) is 12.5 Å². The van der Waals surface area contributed by atoms with E-state index in [1.54, 1.807) is 0 Å². The maximum absolute atomic E-state index is 11.8. The zero-order valence-electron chi connectivity index (χ0n) is 17.0. The molecule has 1 aromatic carbocycles. The quantitative estimate of drug-likeness (QED) is 0.370. The van der Waals surface area contributed by atoms with Crippen LogP contribution in [0, 0.1) is 0 Å². The van der Waals surface area contributed by atoms with Crippen molar-refractivity contribution in [3.63, 3.8) is 0 Å². The van der Waals surface area contributed by atoms with Crippen LogP contribution in [0.3, 0.4) is 0 Å². The van der Waals surface area contributed by atoms with Crippen molar-refractivity contribution in [1.82, 2.24) is 4.90 Å². The molecule has 0 amide bonds. The Balaban J connectivity index is 1.78. The molecule has 0 spiro atoms. The number of likely N-dealkylation sites (tertiary alicyclic amines) is 1. The minimum atomic E-state index is -0.120. The molecule has 0 unspecified atom stereocenters. The molecule has 1 aliphatic rings. The molecule has 27 heavy (non-hydrogen) atoms. The molecule has 1 heterocycles. The first kappa shape index (κ1) is 21.2. The number of benzene rings is 1. The third-order valence-electron chi connectivity index (χ3n) is 5.00. The number of hydrogen-bond donors (Lipinski definition) is 0. The Bertz CT molecular complexity index is 665. The van der Waals surface area contributed by atoms with Gasteiger partial charge in [-0.25, -0.2) is 0 Å². The average Bonchev–Trinajstić information content (AvgIpc) is 3.17. The Kier molecular flexibility index (Phi) is 8.52. The van der Waals surface area contributed by atoms with Gasteiger partial charge in [-0.3, -0.25) is 14.7 Å². The van der Waals surface area contributed by atoms with E-state index in [0.29, 0.717) is 6.61 Å². The number of aliphatic imine (C=N–C) groups is 1. The van der Waals surface area contributed by atoms with Crippen LogP contribution in [0.4, 0.5) is 0 Å². The fourth-order valence-electron chi connectivity index (χ4n) is 3.12. The number of hydrogen-bond acceptors (Lipinski definition) is 5. The van der Waals surface area contributed by atoms with E-state index in [1.807, 2.05) is 37.4 Å². The summed E-state index contributed by atoms with van der Waals surface area (Å²) >= 11 is 0. The molecular formula is C22H32N2O3. The van der Waals surface area contributed by atoms with Gasteiger partial charge in [0, 0.05) is 18.5 Å². The van der Waals surface area contributed by atoms with Crippen molar-refractivity contribution < 1.29 is 14.3 Å². The van der Waals surface area contributed by atoms with Crippen molar-refractivity contribution >= 4 is 11.7 Å². The highest BCUT2D eigenvalue weighted by Gasteiger charge is 2.30. The molecule has 1 fully saturated rings. The third kappa shape index (κ3) is 6.51. The Labute approximate surface area is 163 Å². The van der Waals surface area contributed by atoms with Gasteiger partial charge in [0.15, 0.2) is 0 Å². The first-order valence-electron chi connectivity index (χ1n) is 9.80. The van der Waals surface area contributed by atoms with Crippen molar-refractivity contribution in [2.75, 3.05) is 26.8 Å². The summed E-state index contributed by atoms with van der Waals surface area (Å²) in [5.41, 5.74) is 3.36. The normalized spacial score (nSPS) is 18.6. The molecule has 0 saturated carbocycles. The molecule has 5 heteroatoms. The maximum Gasteiger partial charge on any atom is 0.323 e. The third-order valence-corrected chi connectivity index (χ3v) is 5.00. The van der Waals surface area contributed by atoms with E-state index in [4.69, 9.17) is 9.47 Å². The predicted molar refractivity (Wildman–Crippen MR) is 109 cm³/mol. The molecule has 1 saturated heterocycles. The number of carbonyl (C=O) groups is 1. The maximum atomic E-state index is 11.8. The molecule has 0 bridgehead atoms. The van der Waals surface area contributed by atoms with Crippen LogP contribution in [-0.2, 0) is 9.53 Å². The van der Waals surface area contributed by atoms with Crippen LogP contribution < -0.4 is 4.74 Å². The summed E-state index contributed by atoms with van der Waals surface area (Å²) in [7, 11) is 1.46. The van der Waals surface area contributed by atoms with E-state index in [9.17, 15) is 4.79 Å². The number of esters is 1. The van der Waals surface area contributed by atoms with Crippen molar-refractivity contribution in [2.45, 2.75) is 52.5 Å². The number of methoxy groups -OCH3 is 1. The zero-order valence-corrected chi connectivity index (χ0v) is 17.0. The molecular weight excluding hydrogens is 340 g/mol. The lowest BCUT2D eigenvalue weighted by Crippen LogP contribution is -2.37. The largest absolute Gasteiger partial charge is 0.494 e. The summed E-state index contributed by atoms with van der Waals surface area (Å²) in [6, 6.07) is 7.96. The van der Waals surface area contributed by atoms with Gasteiger partial charge >= 0.3 is 5.97 Å². The minimum absolute atomic E-state index is 0.0815. The highest BCUT2D eigenvalue weighted by Crippen LogP contribution is 2.19. The van der Waals surface area contributed by atoms with Gasteiger partial charge < -0.3 is 9.47 Å². The van der Waals surface area contributed by atoms with Crippen molar-refractivity contribution in [3.05, 3.63) is 41.6 Å². The van der Waals surface area contributed by atoms with E-state index in [0.717, 1.165) is 55.8 Å². The van der Waals surface area contributed by atoms with E-state index in [1.165, 1.54) is 12.7 Å². The number of nitrogens with zero attached hydrogens (tertiary/aromatic N) is 2. The highest BCUT2D eigenvalue weighted by atomic mass is 16.5. The molecule has 5 nitrogen and oxygen atoms in total. The second-order valence-electron chi connectivity index (χ2n) is 6.99. The zero-order chi connectivity index (χ0) is 19.6. The van der Waals surface area contributed by atoms with Gasteiger partial charge in [0.2, 0.25) is 0 Å². The standard InChI is InChI=1S/C22H32N2O3/c1-5-17(2)16-23-18(3)19-9-11-20(12-10-19)27-15-7-14-24-13-6-8-21(24)22(25)26-4/h9-12,16,21H,5-8,13-15H2,1-4H3/b17-16+,23-18+/t21-/m0/s1. The summed E-state index contributed by atoms with van der Waals surface area (Å²) in [4.78, 5) is 18.5. The van der Waals surface area contributed by atoms with Crippen molar-refractivity contribution in [2.24, 2.45) is 4.99 Å². The fourth-order valence-corrected chi connectivity index (χ4v) is 3.12. The molecule has 1 aromatic rings. The summed E-state index contributed by atoms with van der Waals surface area (Å²) in [6.07, 6.45) is 5.77. The minimum Gasteiger partial charge on any atom is -0.494 e. The van der Waals surface area contributed by atoms with Crippen LogP contribution >= 0.6 is 0 Å². The summed E-state index contributed by atoms with van der Waals surface area (Å²) in [5.74, 6) is 0.739. The van der Waals surface area contributed by atoms with Crippen molar-refractivity contribution in [3.8, 4) is 5.75 Å². The molecule has 0 N–H and O–H groups in total. The van der Waals surface area contributed by atoms with Crippen LogP contribution in [0.5, 0.6) is 5.75 Å². The Morgan fingerprint density at radius 1 is 1.30 bits per heavy atom. The molecule has 0 radical (unpaired) electrons. The Hall–Kier alpha value is -2.14. The second-order valence-corrected chi connectivity index (χ2v) is 6.99. The van der Waals surface area contributed by atoms with E-state index in [-0.39, 0.29) is 12.0 Å². The van der Waals surface area contributed by atoms with Gasteiger partial charge in [0.25, 0.3) is 0 Å². The number of carbonyl (C=O) groups excluding carboxylic acids is 1. The summed E-state index contributed by atoms with van der Waals surface area (Å²) in [5, 5.41) is 0. The first-order chi connectivity index (χ1) is 13.0. The van der Waals surface area contributed by atoms with Crippen molar-refractivity contribution in [1.29, 1.82) is 0 Å². The van der Waals surface area contributed by atoms with Gasteiger partial charge in [0.05, 0.1) is 13.7 Å². The van der Waals surface area contributed by atoms with Gasteiger partial charge in [-0.05, 0) is 75.9 Å². The van der Waals surface area contributed by atoms with Crippen LogP contribution in [0.1, 0.15) is 52.0 Å². The topological polar surface area (TPSA) is 51.1 Å². The fraction of sp³-hybridized carbons (Fsp3) is 0.545. The Morgan fingerprint density at radius 2 is 2.04 bits per heavy atom. The Morgan fingerprint density at radius 3 is 2.70 bits per heavy atom. The lowest BCUT2D eigenvalue weighted by molar-refractivity contribution is -0.145. The summed E-state index contributed by atoms with van der Waals surface area (Å²) in [6.45, 7) is 8.68. The number of allylic oxidation sites excluding steroid dienone is 1. The van der Waals surface area contributed by atoms with Gasteiger partial charge in [0.1, 0.15) is 11.8 Å². The highest BCUT2D eigenvalue weighted by molar-refractivity contribution is 5.99.